The summed E-state index contributed by atoms with van der Waals surface area (Å²) in [5, 5.41) is 13.6. The predicted molar refractivity (Wildman–Crippen MR) is 96.4 cm³/mol. The maximum atomic E-state index is 13.2. The van der Waals surface area contributed by atoms with Crippen LogP contribution in [0.5, 0.6) is 5.75 Å². The van der Waals surface area contributed by atoms with Crippen molar-refractivity contribution in [1.29, 1.82) is 0 Å². The minimum atomic E-state index is -4.97. The maximum Gasteiger partial charge on any atom is 0.416 e. The average molecular weight is 417 g/mol. The van der Waals surface area contributed by atoms with Crippen molar-refractivity contribution in [3.63, 3.8) is 0 Å². The summed E-state index contributed by atoms with van der Waals surface area (Å²) in [5.74, 6) is -0.381. The summed E-state index contributed by atoms with van der Waals surface area (Å²) in [7, 11) is 1.47. The van der Waals surface area contributed by atoms with Gasteiger partial charge in [0.25, 0.3) is 0 Å². The summed E-state index contributed by atoms with van der Waals surface area (Å²) >= 11 is 1.04. The van der Waals surface area contributed by atoms with Crippen LogP contribution in [0.3, 0.4) is 0 Å². The lowest BCUT2D eigenvalue weighted by atomic mass is 9.99. The van der Waals surface area contributed by atoms with Gasteiger partial charge in [-0.2, -0.15) is 26.3 Å². The van der Waals surface area contributed by atoms with Gasteiger partial charge in [0.2, 0.25) is 0 Å². The van der Waals surface area contributed by atoms with Crippen molar-refractivity contribution >= 4 is 16.3 Å². The van der Waals surface area contributed by atoms with Crippen molar-refractivity contribution in [2.45, 2.75) is 12.4 Å². The Morgan fingerprint density at radius 2 is 1.36 bits per heavy atom. The van der Waals surface area contributed by atoms with Gasteiger partial charge in [0, 0.05) is 7.05 Å². The van der Waals surface area contributed by atoms with E-state index in [9.17, 15) is 31.4 Å². The Balaban J connectivity index is 2.27. The number of halogens is 6. The van der Waals surface area contributed by atoms with Crippen molar-refractivity contribution in [1.82, 2.24) is 0 Å². The molecule has 0 saturated carbocycles. The van der Waals surface area contributed by atoms with Gasteiger partial charge < -0.3 is 10.4 Å². The van der Waals surface area contributed by atoms with E-state index >= 15 is 0 Å². The third kappa shape index (κ3) is 3.80. The largest absolute Gasteiger partial charge is 0.506 e. The van der Waals surface area contributed by atoms with E-state index in [1.807, 2.05) is 0 Å². The van der Waals surface area contributed by atoms with E-state index in [2.05, 4.69) is 5.32 Å². The lowest BCUT2D eigenvalue weighted by Gasteiger charge is -2.15. The predicted octanol–water partition coefficient (Wildman–Crippen LogP) is 6.87. The zero-order valence-corrected chi connectivity index (χ0v) is 15.1. The first kappa shape index (κ1) is 20.1. The summed E-state index contributed by atoms with van der Waals surface area (Å²) in [6, 6.07) is 9.79. The third-order valence-corrected chi connectivity index (χ3v) is 5.27. The second kappa shape index (κ2) is 7.05. The van der Waals surface area contributed by atoms with Crippen molar-refractivity contribution in [2.75, 3.05) is 12.4 Å². The molecule has 2 N–H and O–H groups in total. The molecule has 9 heteroatoms. The van der Waals surface area contributed by atoms with Gasteiger partial charge >= 0.3 is 12.4 Å². The molecule has 2 aromatic carbocycles. The van der Waals surface area contributed by atoms with Gasteiger partial charge in [-0.3, -0.25) is 0 Å². The molecule has 2 nitrogen and oxygen atoms in total. The van der Waals surface area contributed by atoms with Crippen LogP contribution in [-0.4, -0.2) is 12.2 Å². The molecule has 0 aliphatic carbocycles. The number of hydrogen-bond acceptors (Lipinski definition) is 3. The number of rotatable bonds is 3. The molecule has 1 heterocycles. The first-order chi connectivity index (χ1) is 13.0. The Morgan fingerprint density at radius 3 is 1.82 bits per heavy atom. The summed E-state index contributed by atoms with van der Waals surface area (Å²) in [6.07, 6.45) is -9.94. The fourth-order valence-electron chi connectivity index (χ4n) is 2.75. The normalized spacial score (nSPS) is 12.2. The quantitative estimate of drug-likeness (QED) is 0.456. The molecule has 28 heavy (non-hydrogen) atoms. The van der Waals surface area contributed by atoms with Gasteiger partial charge in [-0.25, -0.2) is 0 Å². The SMILES string of the molecule is CNc1sc(-c2ccccc2)c(O)c1-c1cc(C(F)(F)F)cc(C(F)(F)F)c1. The van der Waals surface area contributed by atoms with E-state index in [0.29, 0.717) is 22.6 Å². The highest BCUT2D eigenvalue weighted by Gasteiger charge is 2.37. The minimum Gasteiger partial charge on any atom is -0.506 e. The van der Waals surface area contributed by atoms with E-state index in [0.717, 1.165) is 11.3 Å². The fraction of sp³-hybridized carbons (Fsp3) is 0.158. The molecule has 0 fully saturated rings. The van der Waals surface area contributed by atoms with E-state index in [4.69, 9.17) is 0 Å². The van der Waals surface area contributed by atoms with E-state index in [1.165, 1.54) is 7.05 Å². The van der Waals surface area contributed by atoms with E-state index in [1.54, 1.807) is 30.3 Å². The smallest absolute Gasteiger partial charge is 0.416 e. The van der Waals surface area contributed by atoms with Gasteiger partial charge in [0.05, 0.1) is 21.6 Å². The minimum absolute atomic E-state index is 0.0596. The standard InChI is InChI=1S/C19H13F6NOS/c1-26-17-14(15(27)16(28-17)10-5-3-2-4-6-10)11-7-12(18(20,21)22)9-13(8-11)19(23,24)25/h2-9,26-27H,1H3. The van der Waals surface area contributed by atoms with Gasteiger partial charge in [-0.1, -0.05) is 30.3 Å². The highest BCUT2D eigenvalue weighted by molar-refractivity contribution is 7.20. The molecule has 0 aliphatic heterocycles. The molecule has 3 rings (SSSR count). The topological polar surface area (TPSA) is 32.3 Å². The Labute approximate surface area is 160 Å². The van der Waals surface area contributed by atoms with Crippen LogP contribution in [0.25, 0.3) is 21.6 Å². The number of hydrogen-bond donors (Lipinski definition) is 2. The van der Waals surface area contributed by atoms with Crippen LogP contribution in [0, 0.1) is 0 Å². The molecule has 0 aliphatic rings. The Bertz CT molecular complexity index is 960. The second-order valence-electron chi connectivity index (χ2n) is 5.89. The molecule has 0 radical (unpaired) electrons. The molecule has 0 unspecified atom stereocenters. The van der Waals surface area contributed by atoms with Crippen molar-refractivity contribution in [2.24, 2.45) is 0 Å². The molecule has 3 aromatic rings. The Kier molecular flexibility index (Phi) is 5.05. The van der Waals surface area contributed by atoms with Crippen molar-refractivity contribution in [3.05, 3.63) is 59.7 Å². The molecular formula is C19H13F6NOS. The van der Waals surface area contributed by atoms with Crippen LogP contribution in [-0.2, 0) is 12.4 Å². The summed E-state index contributed by atoms with van der Waals surface area (Å²) in [6.45, 7) is 0. The Morgan fingerprint density at radius 1 is 0.821 bits per heavy atom. The molecule has 1 aromatic heterocycles. The molecule has 0 spiro atoms. The number of alkyl halides is 6. The maximum absolute atomic E-state index is 13.2. The van der Waals surface area contributed by atoms with E-state index < -0.39 is 23.5 Å². The lowest BCUT2D eigenvalue weighted by Crippen LogP contribution is -2.11. The highest BCUT2D eigenvalue weighted by Crippen LogP contribution is 2.51. The van der Waals surface area contributed by atoms with E-state index in [-0.39, 0.29) is 27.9 Å². The number of benzene rings is 2. The zero-order chi connectivity index (χ0) is 20.7. The van der Waals surface area contributed by atoms with Gasteiger partial charge in [0.1, 0.15) is 10.8 Å². The molecule has 148 valence electrons. The number of anilines is 1. The van der Waals surface area contributed by atoms with Crippen LogP contribution < -0.4 is 5.32 Å². The fourth-order valence-corrected chi connectivity index (χ4v) is 3.83. The molecule has 0 amide bonds. The molecule has 0 bridgehead atoms. The van der Waals surface area contributed by atoms with Crippen molar-refractivity contribution < 1.29 is 31.4 Å². The zero-order valence-electron chi connectivity index (χ0n) is 14.2. The summed E-state index contributed by atoms with van der Waals surface area (Å²) < 4.78 is 79.0. The van der Waals surface area contributed by atoms with Crippen LogP contribution in [0.15, 0.2) is 48.5 Å². The first-order valence-corrected chi connectivity index (χ1v) is 8.72. The molecule has 0 atom stereocenters. The van der Waals surface area contributed by atoms with Crippen LogP contribution in [0.4, 0.5) is 31.3 Å². The van der Waals surface area contributed by atoms with Gasteiger partial charge in [-0.05, 0) is 29.3 Å². The lowest BCUT2D eigenvalue weighted by molar-refractivity contribution is -0.143. The van der Waals surface area contributed by atoms with Crippen LogP contribution >= 0.6 is 11.3 Å². The first-order valence-electron chi connectivity index (χ1n) is 7.91. The number of aromatic hydroxyl groups is 1. The van der Waals surface area contributed by atoms with Gasteiger partial charge in [-0.15, -0.1) is 11.3 Å². The highest BCUT2D eigenvalue weighted by atomic mass is 32.1. The number of thiophene rings is 1. The Hall–Kier alpha value is -2.68. The average Bonchev–Trinajstić information content (AvgIpc) is 2.97. The number of nitrogens with one attached hydrogen (secondary N) is 1. The van der Waals surface area contributed by atoms with Crippen LogP contribution in [0.2, 0.25) is 0 Å². The molecular weight excluding hydrogens is 404 g/mol. The summed E-state index contributed by atoms with van der Waals surface area (Å²) in [5.41, 5.74) is -2.77. The van der Waals surface area contributed by atoms with Crippen molar-refractivity contribution in [3.8, 4) is 27.3 Å². The van der Waals surface area contributed by atoms with Gasteiger partial charge in [0.15, 0.2) is 0 Å². The third-order valence-electron chi connectivity index (χ3n) is 4.02. The molecule has 0 saturated heterocycles. The monoisotopic (exact) mass is 417 g/mol. The second-order valence-corrected chi connectivity index (χ2v) is 6.92. The summed E-state index contributed by atoms with van der Waals surface area (Å²) in [4.78, 5) is 0.339. The van der Waals surface area contributed by atoms with Crippen LogP contribution in [0.1, 0.15) is 11.1 Å².